The van der Waals surface area contributed by atoms with Crippen LogP contribution >= 0.6 is 0 Å². The van der Waals surface area contributed by atoms with E-state index in [0.29, 0.717) is 19.0 Å². The van der Waals surface area contributed by atoms with Crippen LogP contribution in [0.2, 0.25) is 0 Å². The van der Waals surface area contributed by atoms with Gasteiger partial charge in [0.2, 0.25) is 0 Å². The molecule has 1 heterocycles. The van der Waals surface area contributed by atoms with E-state index in [-0.39, 0.29) is 0 Å². The summed E-state index contributed by atoms with van der Waals surface area (Å²) in [5.74, 6) is -0.967. The number of aliphatic carboxylic acids is 1. The number of hydrogen-bond acceptors (Lipinski definition) is 2. The van der Waals surface area contributed by atoms with Crippen LogP contribution in [-0.4, -0.2) is 40.3 Å². The Morgan fingerprint density at radius 3 is 2.15 bits per heavy atom. The average molecular weight is 277 g/mol. The third-order valence-corrected chi connectivity index (χ3v) is 4.04. The van der Waals surface area contributed by atoms with Crippen molar-refractivity contribution in [1.82, 2.24) is 4.90 Å². The molecule has 1 aliphatic rings. The van der Waals surface area contributed by atoms with E-state index in [1.807, 2.05) is 24.3 Å². The summed E-state index contributed by atoms with van der Waals surface area (Å²) in [6.07, 6.45) is 0.786. The highest BCUT2D eigenvalue weighted by Gasteiger charge is 2.23. The highest BCUT2D eigenvalue weighted by atomic mass is 16.4. The maximum atomic E-state index is 10.9. The number of amides is 1. The third kappa shape index (κ3) is 3.10. The molecule has 1 aromatic carbocycles. The van der Waals surface area contributed by atoms with Gasteiger partial charge in [-0.25, -0.2) is 4.79 Å². The molecule has 0 radical (unpaired) electrons. The fourth-order valence-corrected chi connectivity index (χ4v) is 2.60. The van der Waals surface area contributed by atoms with Gasteiger partial charge in [-0.2, -0.15) is 0 Å². The summed E-state index contributed by atoms with van der Waals surface area (Å²) < 4.78 is 0. The SMILES string of the molecule is CC(C(=O)O)c1ccc(C2CCN(C(=O)O)CC2)cc1. The van der Waals surface area contributed by atoms with E-state index in [1.165, 1.54) is 4.90 Å². The summed E-state index contributed by atoms with van der Waals surface area (Å²) in [5, 5.41) is 17.9. The van der Waals surface area contributed by atoms with Gasteiger partial charge in [-0.1, -0.05) is 24.3 Å². The maximum absolute atomic E-state index is 10.9. The number of hydrogen-bond donors (Lipinski definition) is 2. The summed E-state index contributed by atoms with van der Waals surface area (Å²) >= 11 is 0. The van der Waals surface area contributed by atoms with Crippen LogP contribution in [0.25, 0.3) is 0 Å². The minimum Gasteiger partial charge on any atom is -0.481 e. The molecule has 0 aromatic heterocycles. The molecule has 20 heavy (non-hydrogen) atoms. The van der Waals surface area contributed by atoms with Crippen molar-refractivity contribution in [2.75, 3.05) is 13.1 Å². The predicted molar refractivity (Wildman–Crippen MR) is 74.1 cm³/mol. The molecule has 1 saturated heterocycles. The Hall–Kier alpha value is -2.04. The van der Waals surface area contributed by atoms with Gasteiger partial charge < -0.3 is 15.1 Å². The molecule has 0 spiro atoms. The first-order valence-electron chi connectivity index (χ1n) is 6.79. The van der Waals surface area contributed by atoms with Crippen LogP contribution in [0.3, 0.4) is 0 Å². The first-order chi connectivity index (χ1) is 9.49. The van der Waals surface area contributed by atoms with Crippen molar-refractivity contribution in [2.24, 2.45) is 0 Å². The van der Waals surface area contributed by atoms with E-state index in [1.54, 1.807) is 6.92 Å². The van der Waals surface area contributed by atoms with E-state index in [9.17, 15) is 9.59 Å². The van der Waals surface area contributed by atoms with Gasteiger partial charge in [0, 0.05) is 13.1 Å². The normalized spacial score (nSPS) is 17.8. The van der Waals surface area contributed by atoms with Crippen LogP contribution < -0.4 is 0 Å². The van der Waals surface area contributed by atoms with Crippen LogP contribution in [0, 0.1) is 0 Å². The second-order valence-electron chi connectivity index (χ2n) is 5.27. The predicted octanol–water partition coefficient (Wildman–Crippen LogP) is 2.73. The second-order valence-corrected chi connectivity index (χ2v) is 5.27. The lowest BCUT2D eigenvalue weighted by Crippen LogP contribution is -2.36. The number of benzene rings is 1. The monoisotopic (exact) mass is 277 g/mol. The van der Waals surface area contributed by atoms with Crippen molar-refractivity contribution in [3.05, 3.63) is 35.4 Å². The highest BCUT2D eigenvalue weighted by Crippen LogP contribution is 2.29. The van der Waals surface area contributed by atoms with Gasteiger partial charge in [0.15, 0.2) is 0 Å². The molecule has 5 heteroatoms. The molecule has 1 amide bonds. The van der Waals surface area contributed by atoms with Gasteiger partial charge in [0.25, 0.3) is 0 Å². The molecule has 2 rings (SSSR count). The quantitative estimate of drug-likeness (QED) is 0.890. The van der Waals surface area contributed by atoms with Gasteiger partial charge in [-0.15, -0.1) is 0 Å². The van der Waals surface area contributed by atoms with Crippen molar-refractivity contribution in [3.8, 4) is 0 Å². The molecule has 1 unspecified atom stereocenters. The molecule has 1 atom stereocenters. The molecule has 0 aliphatic carbocycles. The van der Waals surface area contributed by atoms with E-state index in [2.05, 4.69) is 0 Å². The Bertz CT molecular complexity index is 489. The molecule has 108 valence electrons. The van der Waals surface area contributed by atoms with E-state index < -0.39 is 18.0 Å². The number of rotatable bonds is 3. The highest BCUT2D eigenvalue weighted by molar-refractivity contribution is 5.75. The minimum atomic E-state index is -0.853. The summed E-state index contributed by atoms with van der Waals surface area (Å²) in [7, 11) is 0. The number of nitrogens with zero attached hydrogens (tertiary/aromatic N) is 1. The van der Waals surface area contributed by atoms with Crippen molar-refractivity contribution in [2.45, 2.75) is 31.6 Å². The zero-order valence-corrected chi connectivity index (χ0v) is 11.5. The van der Waals surface area contributed by atoms with Gasteiger partial charge in [-0.05, 0) is 36.8 Å². The van der Waals surface area contributed by atoms with E-state index in [0.717, 1.165) is 24.0 Å². The van der Waals surface area contributed by atoms with E-state index >= 15 is 0 Å². The summed E-state index contributed by atoms with van der Waals surface area (Å²) in [6, 6.07) is 7.65. The Balaban J connectivity index is 2.01. The smallest absolute Gasteiger partial charge is 0.407 e. The average Bonchev–Trinajstić information content (AvgIpc) is 2.46. The molecule has 1 aromatic rings. The number of carbonyl (C=O) groups is 2. The molecule has 0 saturated carbocycles. The minimum absolute atomic E-state index is 0.361. The lowest BCUT2D eigenvalue weighted by atomic mass is 9.88. The second kappa shape index (κ2) is 5.94. The molecule has 1 fully saturated rings. The van der Waals surface area contributed by atoms with Crippen molar-refractivity contribution in [3.63, 3.8) is 0 Å². The van der Waals surface area contributed by atoms with E-state index in [4.69, 9.17) is 10.2 Å². The number of carboxylic acids is 1. The molecule has 5 nitrogen and oxygen atoms in total. The van der Waals surface area contributed by atoms with Crippen LogP contribution in [0.1, 0.15) is 42.7 Å². The topological polar surface area (TPSA) is 77.8 Å². The zero-order valence-electron chi connectivity index (χ0n) is 11.5. The van der Waals surface area contributed by atoms with Gasteiger partial charge >= 0.3 is 12.1 Å². The van der Waals surface area contributed by atoms with Crippen LogP contribution in [0.4, 0.5) is 4.79 Å². The van der Waals surface area contributed by atoms with Crippen LogP contribution in [-0.2, 0) is 4.79 Å². The summed E-state index contributed by atoms with van der Waals surface area (Å²) in [6.45, 7) is 2.79. The molecular formula is C15H19NO4. The summed E-state index contributed by atoms with van der Waals surface area (Å²) in [5.41, 5.74) is 1.96. The van der Waals surface area contributed by atoms with Gasteiger partial charge in [-0.3, -0.25) is 4.79 Å². The fourth-order valence-electron chi connectivity index (χ4n) is 2.60. The van der Waals surface area contributed by atoms with Gasteiger partial charge in [0.1, 0.15) is 0 Å². The maximum Gasteiger partial charge on any atom is 0.407 e. The molecule has 1 aliphatic heterocycles. The fraction of sp³-hybridized carbons (Fsp3) is 0.467. The van der Waals surface area contributed by atoms with Crippen LogP contribution in [0.15, 0.2) is 24.3 Å². The molecule has 2 N–H and O–H groups in total. The Morgan fingerprint density at radius 2 is 1.70 bits per heavy atom. The van der Waals surface area contributed by atoms with Crippen LogP contribution in [0.5, 0.6) is 0 Å². The standard InChI is InChI=1S/C15H19NO4/c1-10(14(17)18)11-2-4-12(5-3-11)13-6-8-16(9-7-13)15(19)20/h2-5,10,13H,6-9H2,1H3,(H,17,18)(H,19,20). The summed E-state index contributed by atoms with van der Waals surface area (Å²) in [4.78, 5) is 23.2. The number of carboxylic acid groups (broad SMARTS) is 2. The van der Waals surface area contributed by atoms with Crippen molar-refractivity contribution < 1.29 is 19.8 Å². The number of piperidine rings is 1. The van der Waals surface area contributed by atoms with Crippen molar-refractivity contribution in [1.29, 1.82) is 0 Å². The third-order valence-electron chi connectivity index (χ3n) is 4.04. The van der Waals surface area contributed by atoms with Crippen molar-refractivity contribution >= 4 is 12.1 Å². The Labute approximate surface area is 117 Å². The first kappa shape index (κ1) is 14.4. The molecular weight excluding hydrogens is 258 g/mol. The lowest BCUT2D eigenvalue weighted by Gasteiger charge is -2.30. The zero-order chi connectivity index (χ0) is 14.7. The Morgan fingerprint density at radius 1 is 1.15 bits per heavy atom. The lowest BCUT2D eigenvalue weighted by molar-refractivity contribution is -0.138. The number of likely N-dealkylation sites (tertiary alicyclic amines) is 1. The first-order valence-corrected chi connectivity index (χ1v) is 6.79. The van der Waals surface area contributed by atoms with Gasteiger partial charge in [0.05, 0.1) is 5.92 Å². The Kier molecular flexibility index (Phi) is 4.27. The largest absolute Gasteiger partial charge is 0.481 e. The molecule has 0 bridgehead atoms.